The highest BCUT2D eigenvalue weighted by Crippen LogP contribution is 2.14. The number of nitrogens with one attached hydrogen (secondary N) is 2. The van der Waals surface area contributed by atoms with Crippen molar-refractivity contribution in [3.8, 4) is 0 Å². The van der Waals surface area contributed by atoms with E-state index in [0.29, 0.717) is 6.04 Å². The number of hydrogen-bond donors (Lipinski definition) is 2. The molecule has 0 amide bonds. The molecule has 2 rings (SSSR count). The Hall–Kier alpha value is -1.80. The van der Waals surface area contributed by atoms with Gasteiger partial charge in [-0.05, 0) is 49.6 Å². The summed E-state index contributed by atoms with van der Waals surface area (Å²) in [7, 11) is 0. The third-order valence-electron chi connectivity index (χ3n) is 3.71. The Labute approximate surface area is 122 Å². The van der Waals surface area contributed by atoms with E-state index in [1.807, 2.05) is 0 Å². The van der Waals surface area contributed by atoms with Crippen LogP contribution < -0.4 is 10.6 Å². The number of hydrogen-bond acceptors (Lipinski definition) is 2. The summed E-state index contributed by atoms with van der Waals surface area (Å²) in [5.41, 5.74) is 5.20. The van der Waals surface area contributed by atoms with Gasteiger partial charge in [0, 0.05) is 24.8 Å². The summed E-state index contributed by atoms with van der Waals surface area (Å²) >= 11 is 0. The second-order valence-electron chi connectivity index (χ2n) is 5.31. The lowest BCUT2D eigenvalue weighted by molar-refractivity contribution is 0.588. The minimum absolute atomic E-state index is 0.387. The van der Waals surface area contributed by atoms with Crippen molar-refractivity contribution in [3.05, 3.63) is 65.2 Å². The molecule has 0 saturated carbocycles. The van der Waals surface area contributed by atoms with Crippen LogP contribution in [0.1, 0.15) is 29.7 Å². The molecule has 0 heterocycles. The van der Waals surface area contributed by atoms with Gasteiger partial charge >= 0.3 is 0 Å². The molecular weight excluding hydrogens is 244 g/mol. The van der Waals surface area contributed by atoms with Gasteiger partial charge in [-0.3, -0.25) is 0 Å². The SMILES string of the molecule is Cc1ccc(NCCNC(C)c2ccccc2)cc1C. The Morgan fingerprint density at radius 2 is 1.65 bits per heavy atom. The van der Waals surface area contributed by atoms with Crippen LogP contribution in [0.3, 0.4) is 0 Å². The lowest BCUT2D eigenvalue weighted by Gasteiger charge is -2.15. The molecule has 0 bridgehead atoms. The summed E-state index contributed by atoms with van der Waals surface area (Å²) < 4.78 is 0. The Morgan fingerprint density at radius 3 is 2.35 bits per heavy atom. The van der Waals surface area contributed by atoms with Gasteiger partial charge in [-0.25, -0.2) is 0 Å². The molecule has 0 aromatic heterocycles. The molecule has 2 aromatic carbocycles. The van der Waals surface area contributed by atoms with E-state index < -0.39 is 0 Å². The molecule has 2 heteroatoms. The summed E-state index contributed by atoms with van der Waals surface area (Å²) in [4.78, 5) is 0. The molecule has 0 aliphatic heterocycles. The van der Waals surface area contributed by atoms with E-state index in [-0.39, 0.29) is 0 Å². The van der Waals surface area contributed by atoms with Crippen molar-refractivity contribution in [2.45, 2.75) is 26.8 Å². The first-order valence-corrected chi connectivity index (χ1v) is 7.26. The highest BCUT2D eigenvalue weighted by molar-refractivity contribution is 5.48. The third-order valence-corrected chi connectivity index (χ3v) is 3.71. The minimum atomic E-state index is 0.387. The fourth-order valence-electron chi connectivity index (χ4n) is 2.21. The van der Waals surface area contributed by atoms with Crippen LogP contribution in [-0.2, 0) is 0 Å². The molecule has 0 fully saturated rings. The van der Waals surface area contributed by atoms with E-state index in [4.69, 9.17) is 0 Å². The Balaban J connectivity index is 1.75. The van der Waals surface area contributed by atoms with Crippen LogP contribution in [0.15, 0.2) is 48.5 Å². The van der Waals surface area contributed by atoms with Crippen LogP contribution in [0.25, 0.3) is 0 Å². The van der Waals surface area contributed by atoms with Crippen LogP contribution in [-0.4, -0.2) is 13.1 Å². The molecule has 0 saturated heterocycles. The second-order valence-corrected chi connectivity index (χ2v) is 5.31. The smallest absolute Gasteiger partial charge is 0.0343 e. The molecule has 1 unspecified atom stereocenters. The van der Waals surface area contributed by atoms with Crippen molar-refractivity contribution in [1.29, 1.82) is 0 Å². The van der Waals surface area contributed by atoms with Crippen molar-refractivity contribution in [2.24, 2.45) is 0 Å². The lowest BCUT2D eigenvalue weighted by Crippen LogP contribution is -2.25. The third kappa shape index (κ3) is 4.10. The van der Waals surface area contributed by atoms with E-state index in [1.54, 1.807) is 0 Å². The normalized spacial score (nSPS) is 12.2. The van der Waals surface area contributed by atoms with Crippen molar-refractivity contribution < 1.29 is 0 Å². The van der Waals surface area contributed by atoms with Crippen LogP contribution in [0.4, 0.5) is 5.69 Å². The fraction of sp³-hybridized carbons (Fsp3) is 0.333. The maximum absolute atomic E-state index is 3.53. The van der Waals surface area contributed by atoms with Crippen molar-refractivity contribution in [2.75, 3.05) is 18.4 Å². The molecule has 1 atom stereocenters. The van der Waals surface area contributed by atoms with Gasteiger partial charge in [0.25, 0.3) is 0 Å². The monoisotopic (exact) mass is 268 g/mol. The van der Waals surface area contributed by atoms with Gasteiger partial charge in [-0.1, -0.05) is 36.4 Å². The Bertz CT molecular complexity index is 534. The zero-order chi connectivity index (χ0) is 14.4. The van der Waals surface area contributed by atoms with Gasteiger partial charge in [0.1, 0.15) is 0 Å². The number of aryl methyl sites for hydroxylation is 2. The highest BCUT2D eigenvalue weighted by atomic mass is 15.0. The van der Waals surface area contributed by atoms with E-state index in [2.05, 4.69) is 79.9 Å². The van der Waals surface area contributed by atoms with E-state index in [1.165, 1.54) is 22.4 Å². The zero-order valence-corrected chi connectivity index (χ0v) is 12.6. The fourth-order valence-corrected chi connectivity index (χ4v) is 2.21. The van der Waals surface area contributed by atoms with Gasteiger partial charge in [0.2, 0.25) is 0 Å². The summed E-state index contributed by atoms with van der Waals surface area (Å²) in [5.74, 6) is 0. The average molecular weight is 268 g/mol. The maximum atomic E-state index is 3.53. The predicted molar refractivity (Wildman–Crippen MR) is 87.3 cm³/mol. The lowest BCUT2D eigenvalue weighted by atomic mass is 10.1. The van der Waals surface area contributed by atoms with E-state index in [9.17, 15) is 0 Å². The van der Waals surface area contributed by atoms with Gasteiger partial charge in [-0.15, -0.1) is 0 Å². The van der Waals surface area contributed by atoms with Crippen LogP contribution in [0.5, 0.6) is 0 Å². The van der Waals surface area contributed by atoms with Crippen molar-refractivity contribution >= 4 is 5.69 Å². The van der Waals surface area contributed by atoms with Crippen LogP contribution in [0, 0.1) is 13.8 Å². The van der Waals surface area contributed by atoms with Crippen LogP contribution in [0.2, 0.25) is 0 Å². The van der Waals surface area contributed by atoms with Gasteiger partial charge in [0.05, 0.1) is 0 Å². The number of benzene rings is 2. The van der Waals surface area contributed by atoms with E-state index >= 15 is 0 Å². The van der Waals surface area contributed by atoms with Gasteiger partial charge in [-0.2, -0.15) is 0 Å². The molecule has 20 heavy (non-hydrogen) atoms. The second kappa shape index (κ2) is 7.11. The number of anilines is 1. The quantitative estimate of drug-likeness (QED) is 0.772. The standard InChI is InChI=1S/C18H24N2/c1-14-9-10-18(13-15(14)2)20-12-11-19-16(3)17-7-5-4-6-8-17/h4-10,13,16,19-20H,11-12H2,1-3H3. The summed E-state index contributed by atoms with van der Waals surface area (Å²) in [6, 6.07) is 17.4. The van der Waals surface area contributed by atoms with Gasteiger partial charge < -0.3 is 10.6 Å². The predicted octanol–water partition coefficient (Wildman–Crippen LogP) is 4.07. The summed E-state index contributed by atoms with van der Waals surface area (Å²) in [5, 5.41) is 6.99. The summed E-state index contributed by atoms with van der Waals surface area (Å²) in [6.45, 7) is 8.37. The maximum Gasteiger partial charge on any atom is 0.0343 e. The topological polar surface area (TPSA) is 24.1 Å². The molecule has 0 radical (unpaired) electrons. The van der Waals surface area contributed by atoms with Crippen molar-refractivity contribution in [3.63, 3.8) is 0 Å². The molecule has 2 aromatic rings. The molecule has 2 N–H and O–H groups in total. The molecular formula is C18H24N2. The number of rotatable bonds is 6. The summed E-state index contributed by atoms with van der Waals surface area (Å²) in [6.07, 6.45) is 0. The highest BCUT2D eigenvalue weighted by Gasteiger charge is 2.02. The first-order chi connectivity index (χ1) is 9.66. The molecule has 106 valence electrons. The van der Waals surface area contributed by atoms with E-state index in [0.717, 1.165) is 13.1 Å². The molecule has 0 aliphatic carbocycles. The van der Waals surface area contributed by atoms with Crippen LogP contribution >= 0.6 is 0 Å². The average Bonchev–Trinajstić information content (AvgIpc) is 2.48. The molecule has 0 aliphatic rings. The van der Waals surface area contributed by atoms with Gasteiger partial charge in [0.15, 0.2) is 0 Å². The zero-order valence-electron chi connectivity index (χ0n) is 12.6. The largest absolute Gasteiger partial charge is 0.384 e. The molecule has 2 nitrogen and oxygen atoms in total. The Kier molecular flexibility index (Phi) is 5.19. The Morgan fingerprint density at radius 1 is 0.900 bits per heavy atom. The first kappa shape index (κ1) is 14.6. The minimum Gasteiger partial charge on any atom is -0.384 e. The molecule has 0 spiro atoms. The first-order valence-electron chi connectivity index (χ1n) is 7.26. The van der Waals surface area contributed by atoms with Crippen molar-refractivity contribution in [1.82, 2.24) is 5.32 Å².